The Morgan fingerprint density at radius 3 is 3.00 bits per heavy atom. The van der Waals surface area contributed by atoms with Crippen molar-refractivity contribution in [3.63, 3.8) is 0 Å². The van der Waals surface area contributed by atoms with Crippen LogP contribution in [-0.4, -0.2) is 14.8 Å². The smallest absolute Gasteiger partial charge is 0.0832 e. The van der Waals surface area contributed by atoms with Gasteiger partial charge in [-0.2, -0.15) is 5.10 Å². The van der Waals surface area contributed by atoms with Crippen molar-refractivity contribution in [2.75, 3.05) is 0 Å². The summed E-state index contributed by atoms with van der Waals surface area (Å²) in [5.41, 5.74) is 8.80. The summed E-state index contributed by atoms with van der Waals surface area (Å²) < 4.78 is 1.78. The van der Waals surface area contributed by atoms with E-state index in [1.54, 1.807) is 33.9 Å². The zero-order chi connectivity index (χ0) is 9.26. The molecule has 1 atom stereocenters. The van der Waals surface area contributed by atoms with Crippen molar-refractivity contribution in [2.45, 2.75) is 6.04 Å². The van der Waals surface area contributed by atoms with E-state index in [4.69, 9.17) is 5.73 Å². The van der Waals surface area contributed by atoms with Gasteiger partial charge in [-0.1, -0.05) is 0 Å². The van der Waals surface area contributed by atoms with E-state index in [0.717, 1.165) is 10.6 Å². The van der Waals surface area contributed by atoms with Crippen LogP contribution in [0.1, 0.15) is 16.6 Å². The molecular weight excluding hydrogens is 184 g/mol. The van der Waals surface area contributed by atoms with E-state index in [1.807, 2.05) is 13.1 Å². The molecule has 0 saturated heterocycles. The Morgan fingerprint density at radius 1 is 1.62 bits per heavy atom. The highest BCUT2D eigenvalue weighted by molar-refractivity contribution is 7.09. The highest BCUT2D eigenvalue weighted by atomic mass is 32.1. The Labute approximate surface area is 80.0 Å². The zero-order valence-corrected chi connectivity index (χ0v) is 8.03. The molecule has 0 bridgehead atoms. The summed E-state index contributed by atoms with van der Waals surface area (Å²) in [7, 11) is 1.89. The standard InChI is InChI=1S/C8H10N4S/c1-12-6(2-3-11-12)8(9)7-4-10-5-13-7/h2-5,8H,9H2,1H3. The normalized spacial score (nSPS) is 13.1. The molecule has 5 heteroatoms. The highest BCUT2D eigenvalue weighted by Crippen LogP contribution is 2.21. The predicted octanol–water partition coefficient (Wildman–Crippen LogP) is 0.925. The average Bonchev–Trinajstić information content (AvgIpc) is 2.72. The molecule has 0 aliphatic carbocycles. The van der Waals surface area contributed by atoms with Crippen LogP contribution in [0.5, 0.6) is 0 Å². The Kier molecular flexibility index (Phi) is 2.12. The first-order valence-electron chi connectivity index (χ1n) is 3.91. The van der Waals surface area contributed by atoms with Gasteiger partial charge in [0.2, 0.25) is 0 Å². The van der Waals surface area contributed by atoms with E-state index in [0.29, 0.717) is 0 Å². The molecule has 2 aromatic rings. The van der Waals surface area contributed by atoms with Crippen LogP contribution in [0.2, 0.25) is 0 Å². The van der Waals surface area contributed by atoms with Gasteiger partial charge in [0.15, 0.2) is 0 Å². The molecule has 0 fully saturated rings. The van der Waals surface area contributed by atoms with Gasteiger partial charge < -0.3 is 5.73 Å². The number of nitrogens with two attached hydrogens (primary N) is 1. The van der Waals surface area contributed by atoms with E-state index >= 15 is 0 Å². The van der Waals surface area contributed by atoms with Crippen LogP contribution in [0.15, 0.2) is 24.0 Å². The van der Waals surface area contributed by atoms with Gasteiger partial charge in [-0.25, -0.2) is 0 Å². The van der Waals surface area contributed by atoms with Gasteiger partial charge in [0.25, 0.3) is 0 Å². The number of nitrogens with zero attached hydrogens (tertiary/aromatic N) is 3. The summed E-state index contributed by atoms with van der Waals surface area (Å²) in [6, 6.07) is 1.81. The lowest BCUT2D eigenvalue weighted by Crippen LogP contribution is -2.14. The fraction of sp³-hybridized carbons (Fsp3) is 0.250. The van der Waals surface area contributed by atoms with Crippen molar-refractivity contribution >= 4 is 11.3 Å². The number of thiazole rings is 1. The van der Waals surface area contributed by atoms with Gasteiger partial charge in [0, 0.05) is 24.3 Å². The fourth-order valence-electron chi connectivity index (χ4n) is 1.21. The molecule has 68 valence electrons. The maximum absolute atomic E-state index is 6.02. The molecule has 4 nitrogen and oxygen atoms in total. The van der Waals surface area contributed by atoms with Gasteiger partial charge in [0.05, 0.1) is 17.2 Å². The number of hydrogen-bond acceptors (Lipinski definition) is 4. The molecule has 0 spiro atoms. The number of aryl methyl sites for hydroxylation is 1. The number of hydrogen-bond donors (Lipinski definition) is 1. The van der Waals surface area contributed by atoms with Gasteiger partial charge in [-0.15, -0.1) is 11.3 Å². The van der Waals surface area contributed by atoms with Crippen LogP contribution >= 0.6 is 11.3 Å². The Bertz CT molecular complexity index is 379. The molecule has 0 aliphatic heterocycles. The Morgan fingerprint density at radius 2 is 2.46 bits per heavy atom. The maximum Gasteiger partial charge on any atom is 0.0832 e. The van der Waals surface area contributed by atoms with Crippen LogP contribution in [0.4, 0.5) is 0 Å². The van der Waals surface area contributed by atoms with Crippen LogP contribution in [-0.2, 0) is 7.05 Å². The number of aromatic nitrogens is 3. The molecular formula is C8H10N4S. The molecule has 1 unspecified atom stereocenters. The van der Waals surface area contributed by atoms with E-state index in [2.05, 4.69) is 10.1 Å². The first-order chi connectivity index (χ1) is 6.29. The lowest BCUT2D eigenvalue weighted by molar-refractivity contribution is 0.677. The summed E-state index contributed by atoms with van der Waals surface area (Å²) in [4.78, 5) is 5.05. The molecule has 13 heavy (non-hydrogen) atoms. The summed E-state index contributed by atoms with van der Waals surface area (Å²) in [6.07, 6.45) is 3.54. The number of rotatable bonds is 2. The summed E-state index contributed by atoms with van der Waals surface area (Å²) in [6.45, 7) is 0. The molecule has 2 N–H and O–H groups in total. The molecule has 0 saturated carbocycles. The molecule has 0 radical (unpaired) electrons. The third kappa shape index (κ3) is 1.48. The minimum absolute atomic E-state index is 0.111. The molecule has 2 rings (SSSR count). The van der Waals surface area contributed by atoms with Crippen LogP contribution < -0.4 is 5.73 Å². The average molecular weight is 194 g/mol. The predicted molar refractivity (Wildman–Crippen MR) is 51.4 cm³/mol. The zero-order valence-electron chi connectivity index (χ0n) is 7.21. The first-order valence-corrected chi connectivity index (χ1v) is 4.79. The van der Waals surface area contributed by atoms with E-state index < -0.39 is 0 Å². The van der Waals surface area contributed by atoms with E-state index in [1.165, 1.54) is 0 Å². The highest BCUT2D eigenvalue weighted by Gasteiger charge is 2.13. The summed E-state index contributed by atoms with van der Waals surface area (Å²) in [5, 5.41) is 4.07. The minimum Gasteiger partial charge on any atom is -0.318 e. The van der Waals surface area contributed by atoms with Gasteiger partial charge >= 0.3 is 0 Å². The topological polar surface area (TPSA) is 56.7 Å². The lowest BCUT2D eigenvalue weighted by Gasteiger charge is -2.08. The minimum atomic E-state index is -0.111. The second-order valence-corrected chi connectivity index (χ2v) is 3.68. The van der Waals surface area contributed by atoms with Crippen molar-refractivity contribution in [1.82, 2.24) is 14.8 Å². The molecule has 0 aromatic carbocycles. The second kappa shape index (κ2) is 3.27. The van der Waals surface area contributed by atoms with E-state index in [9.17, 15) is 0 Å². The summed E-state index contributed by atoms with van der Waals surface area (Å²) in [5.74, 6) is 0. The maximum atomic E-state index is 6.02. The Hall–Kier alpha value is -1.20. The monoisotopic (exact) mass is 194 g/mol. The van der Waals surface area contributed by atoms with Gasteiger partial charge in [0.1, 0.15) is 0 Å². The summed E-state index contributed by atoms with van der Waals surface area (Å²) >= 11 is 1.56. The second-order valence-electron chi connectivity index (χ2n) is 2.76. The lowest BCUT2D eigenvalue weighted by atomic mass is 10.2. The largest absolute Gasteiger partial charge is 0.318 e. The van der Waals surface area contributed by atoms with Crippen molar-refractivity contribution in [3.8, 4) is 0 Å². The van der Waals surface area contributed by atoms with Crippen LogP contribution in [0, 0.1) is 0 Å². The SMILES string of the molecule is Cn1nccc1C(N)c1cncs1. The van der Waals surface area contributed by atoms with Gasteiger partial charge in [-0.05, 0) is 6.07 Å². The molecule has 0 aliphatic rings. The third-order valence-electron chi connectivity index (χ3n) is 1.94. The quantitative estimate of drug-likeness (QED) is 0.773. The van der Waals surface area contributed by atoms with Crippen molar-refractivity contribution in [3.05, 3.63) is 34.5 Å². The van der Waals surface area contributed by atoms with Crippen molar-refractivity contribution < 1.29 is 0 Å². The van der Waals surface area contributed by atoms with Crippen molar-refractivity contribution in [1.29, 1.82) is 0 Å². The molecule has 2 aromatic heterocycles. The molecule has 0 amide bonds. The van der Waals surface area contributed by atoms with Crippen LogP contribution in [0.25, 0.3) is 0 Å². The van der Waals surface area contributed by atoms with Gasteiger partial charge in [-0.3, -0.25) is 9.67 Å². The molecule has 2 heterocycles. The van der Waals surface area contributed by atoms with Crippen molar-refractivity contribution in [2.24, 2.45) is 12.8 Å². The Balaban J connectivity index is 2.33. The fourth-order valence-corrected chi connectivity index (χ4v) is 1.85. The first kappa shape index (κ1) is 8.40. The van der Waals surface area contributed by atoms with E-state index in [-0.39, 0.29) is 6.04 Å². The third-order valence-corrected chi connectivity index (χ3v) is 2.79. The van der Waals surface area contributed by atoms with Crippen LogP contribution in [0.3, 0.4) is 0 Å².